The lowest BCUT2D eigenvalue weighted by atomic mass is 9.90. The van der Waals surface area contributed by atoms with Crippen molar-refractivity contribution in [3.05, 3.63) is 0 Å². The summed E-state index contributed by atoms with van der Waals surface area (Å²) < 4.78 is 5.66. The van der Waals surface area contributed by atoms with Gasteiger partial charge in [-0.2, -0.15) is 0 Å². The van der Waals surface area contributed by atoms with Crippen LogP contribution in [0.2, 0.25) is 0 Å². The fourth-order valence-electron chi connectivity index (χ4n) is 2.06. The van der Waals surface area contributed by atoms with Gasteiger partial charge in [0.1, 0.15) is 0 Å². The molecule has 1 fully saturated rings. The van der Waals surface area contributed by atoms with E-state index >= 15 is 0 Å². The predicted octanol–water partition coefficient (Wildman–Crippen LogP) is 1.36. The molecule has 3 N–H and O–H groups in total. The maximum Gasteiger partial charge on any atom is 0.0727 e. The first kappa shape index (κ1) is 14.6. The number of hydrogen-bond acceptors (Lipinski definition) is 4. The Hall–Kier alpha value is -0.450. The molecule has 0 aromatic heterocycles. The van der Waals surface area contributed by atoms with Crippen LogP contribution < -0.4 is 5.73 Å². The van der Waals surface area contributed by atoms with Crippen LogP contribution in [0.4, 0.5) is 0 Å². The molecule has 4 heteroatoms. The fourth-order valence-corrected chi connectivity index (χ4v) is 2.06. The monoisotopic (exact) mass is 242 g/mol. The number of hydrogen-bond donors (Lipinski definition) is 2. The summed E-state index contributed by atoms with van der Waals surface area (Å²) in [6.07, 6.45) is 4.69. The zero-order chi connectivity index (χ0) is 12.9. The third-order valence-corrected chi connectivity index (χ3v) is 3.58. The Morgan fingerprint density at radius 3 is 2.94 bits per heavy atom. The van der Waals surface area contributed by atoms with Crippen LogP contribution in [0.1, 0.15) is 40.0 Å². The van der Waals surface area contributed by atoms with E-state index in [1.165, 1.54) is 0 Å². The smallest absolute Gasteiger partial charge is 0.0727 e. The highest BCUT2D eigenvalue weighted by molar-refractivity contribution is 5.57. The molecule has 0 spiro atoms. The van der Waals surface area contributed by atoms with E-state index in [0.29, 0.717) is 25.0 Å². The van der Waals surface area contributed by atoms with Gasteiger partial charge in [0.2, 0.25) is 0 Å². The number of nitrogens with two attached hydrogens (primary N) is 1. The number of ether oxygens (including phenoxy) is 1. The van der Waals surface area contributed by atoms with Gasteiger partial charge >= 0.3 is 0 Å². The highest BCUT2D eigenvalue weighted by atomic mass is 16.5. The van der Waals surface area contributed by atoms with Gasteiger partial charge in [-0.05, 0) is 39.3 Å². The SMILES string of the molecule is CCC=NC1C[C@H]1[C@](C)(N)[C@@H](C)OCCCO. The lowest BCUT2D eigenvalue weighted by molar-refractivity contribution is 0.00278. The van der Waals surface area contributed by atoms with Gasteiger partial charge in [0.05, 0.1) is 12.1 Å². The predicted molar refractivity (Wildman–Crippen MR) is 70.4 cm³/mol. The van der Waals surface area contributed by atoms with Crippen molar-refractivity contribution in [2.24, 2.45) is 16.6 Å². The molecule has 0 aromatic carbocycles. The Bertz CT molecular complexity index is 254. The van der Waals surface area contributed by atoms with Gasteiger partial charge in [0.15, 0.2) is 0 Å². The molecular weight excluding hydrogens is 216 g/mol. The van der Waals surface area contributed by atoms with Crippen LogP contribution in [0, 0.1) is 5.92 Å². The zero-order valence-electron chi connectivity index (χ0n) is 11.2. The molecule has 1 rings (SSSR count). The highest BCUT2D eigenvalue weighted by Gasteiger charge is 2.50. The van der Waals surface area contributed by atoms with Crippen molar-refractivity contribution in [3.8, 4) is 0 Å². The number of aliphatic hydroxyl groups excluding tert-OH is 1. The number of nitrogens with zero attached hydrogens (tertiary/aromatic N) is 1. The van der Waals surface area contributed by atoms with E-state index in [4.69, 9.17) is 15.6 Å². The van der Waals surface area contributed by atoms with Crippen LogP contribution in [0.25, 0.3) is 0 Å². The van der Waals surface area contributed by atoms with Gasteiger partial charge in [-0.15, -0.1) is 0 Å². The van der Waals surface area contributed by atoms with Crippen molar-refractivity contribution in [1.82, 2.24) is 0 Å². The topological polar surface area (TPSA) is 67.8 Å². The summed E-state index contributed by atoms with van der Waals surface area (Å²) in [4.78, 5) is 4.48. The van der Waals surface area contributed by atoms with E-state index in [-0.39, 0.29) is 18.2 Å². The third-order valence-electron chi connectivity index (χ3n) is 3.58. The molecule has 1 saturated carbocycles. The van der Waals surface area contributed by atoms with Crippen LogP contribution in [-0.4, -0.2) is 42.2 Å². The second-order valence-corrected chi connectivity index (χ2v) is 5.11. The largest absolute Gasteiger partial charge is 0.396 e. The summed E-state index contributed by atoms with van der Waals surface area (Å²) in [5, 5.41) is 8.71. The molecule has 1 aliphatic rings. The van der Waals surface area contributed by atoms with E-state index in [2.05, 4.69) is 11.9 Å². The van der Waals surface area contributed by atoms with Crippen molar-refractivity contribution in [2.75, 3.05) is 13.2 Å². The Morgan fingerprint density at radius 2 is 2.35 bits per heavy atom. The van der Waals surface area contributed by atoms with Crippen LogP contribution in [0.3, 0.4) is 0 Å². The van der Waals surface area contributed by atoms with Crippen molar-refractivity contribution < 1.29 is 9.84 Å². The summed E-state index contributed by atoms with van der Waals surface area (Å²) in [7, 11) is 0. The molecule has 0 radical (unpaired) electrons. The van der Waals surface area contributed by atoms with Crippen molar-refractivity contribution in [1.29, 1.82) is 0 Å². The Kier molecular flexibility index (Phi) is 5.56. The Balaban J connectivity index is 2.37. The standard InChI is InChI=1S/C13H26N2O2/c1-4-6-15-12-9-11(12)13(3,14)10(2)17-8-5-7-16/h6,10-12,16H,4-5,7-9,14H2,1-3H3/t10-,11-,12?,13-/m1/s1. The second-order valence-electron chi connectivity index (χ2n) is 5.11. The van der Waals surface area contributed by atoms with Gasteiger partial charge in [0, 0.05) is 24.7 Å². The Morgan fingerprint density at radius 1 is 1.65 bits per heavy atom. The first-order valence-electron chi connectivity index (χ1n) is 6.57. The van der Waals surface area contributed by atoms with Crippen molar-refractivity contribution in [3.63, 3.8) is 0 Å². The summed E-state index contributed by atoms with van der Waals surface area (Å²) >= 11 is 0. The Labute approximate surface area is 104 Å². The lowest BCUT2D eigenvalue weighted by Gasteiger charge is -2.32. The van der Waals surface area contributed by atoms with E-state index in [1.807, 2.05) is 20.1 Å². The summed E-state index contributed by atoms with van der Waals surface area (Å²) in [5.74, 6) is 0.425. The minimum Gasteiger partial charge on any atom is -0.396 e. The average Bonchev–Trinajstić information content (AvgIpc) is 3.06. The van der Waals surface area contributed by atoms with Gasteiger partial charge in [-0.25, -0.2) is 0 Å². The second kappa shape index (κ2) is 6.47. The van der Waals surface area contributed by atoms with Gasteiger partial charge in [0.25, 0.3) is 0 Å². The molecule has 0 heterocycles. The summed E-state index contributed by atoms with van der Waals surface area (Å²) in [6, 6.07) is 0.383. The average molecular weight is 242 g/mol. The molecule has 1 unspecified atom stereocenters. The molecule has 4 atom stereocenters. The van der Waals surface area contributed by atoms with Crippen LogP contribution in [0.5, 0.6) is 0 Å². The maximum absolute atomic E-state index is 8.71. The molecule has 0 amide bonds. The maximum atomic E-state index is 8.71. The third kappa shape index (κ3) is 4.05. The van der Waals surface area contributed by atoms with Gasteiger partial charge in [-0.3, -0.25) is 4.99 Å². The number of aliphatic imine (C=N–C) groups is 1. The summed E-state index contributed by atoms with van der Waals surface area (Å²) in [5.41, 5.74) is 6.02. The van der Waals surface area contributed by atoms with E-state index < -0.39 is 0 Å². The lowest BCUT2D eigenvalue weighted by Crippen LogP contribution is -2.50. The molecular formula is C13H26N2O2. The van der Waals surface area contributed by atoms with Gasteiger partial charge < -0.3 is 15.6 Å². The molecule has 0 saturated heterocycles. The van der Waals surface area contributed by atoms with Gasteiger partial charge in [-0.1, -0.05) is 6.92 Å². The molecule has 0 aromatic rings. The van der Waals surface area contributed by atoms with E-state index in [1.54, 1.807) is 0 Å². The first-order chi connectivity index (χ1) is 8.04. The van der Waals surface area contributed by atoms with E-state index in [0.717, 1.165) is 12.8 Å². The number of rotatable bonds is 8. The molecule has 17 heavy (non-hydrogen) atoms. The minimum absolute atomic E-state index is 0.000812. The molecule has 100 valence electrons. The molecule has 1 aliphatic carbocycles. The zero-order valence-corrected chi connectivity index (χ0v) is 11.2. The van der Waals surface area contributed by atoms with E-state index in [9.17, 15) is 0 Å². The van der Waals surface area contributed by atoms with Crippen molar-refractivity contribution in [2.45, 2.75) is 57.7 Å². The first-order valence-corrected chi connectivity index (χ1v) is 6.57. The summed E-state index contributed by atoms with van der Waals surface area (Å²) in [6.45, 7) is 6.88. The quantitative estimate of drug-likeness (QED) is 0.499. The normalized spacial score (nSPS) is 29.2. The fraction of sp³-hybridized carbons (Fsp3) is 0.923. The molecule has 4 nitrogen and oxygen atoms in total. The highest BCUT2D eigenvalue weighted by Crippen LogP contribution is 2.43. The van der Waals surface area contributed by atoms with Crippen LogP contribution >= 0.6 is 0 Å². The minimum atomic E-state index is -0.328. The van der Waals surface area contributed by atoms with Crippen molar-refractivity contribution >= 4 is 6.21 Å². The molecule has 0 aliphatic heterocycles. The number of aliphatic hydroxyl groups is 1. The van der Waals surface area contributed by atoms with Crippen LogP contribution in [-0.2, 0) is 4.74 Å². The van der Waals surface area contributed by atoms with Crippen LogP contribution in [0.15, 0.2) is 4.99 Å². The molecule has 0 bridgehead atoms.